The van der Waals surface area contributed by atoms with E-state index in [4.69, 9.17) is 5.84 Å². The van der Waals surface area contributed by atoms with Crippen molar-refractivity contribution < 1.29 is 0 Å². The zero-order valence-electron chi connectivity index (χ0n) is 8.48. The highest BCUT2D eigenvalue weighted by Crippen LogP contribution is 2.41. The van der Waals surface area contributed by atoms with Crippen LogP contribution in [0.4, 0.5) is 0 Å². The van der Waals surface area contributed by atoms with Gasteiger partial charge in [0.2, 0.25) is 0 Å². The Bertz CT molecular complexity index is 286. The molecule has 1 aliphatic carbocycles. The zero-order chi connectivity index (χ0) is 9.97. The van der Waals surface area contributed by atoms with Gasteiger partial charge in [-0.25, -0.2) is 0 Å². The van der Waals surface area contributed by atoms with Crippen LogP contribution in [0.15, 0.2) is 24.5 Å². The molecular formula is C11H17N3. The molecule has 0 aliphatic heterocycles. The topological polar surface area (TPSA) is 50.9 Å². The van der Waals surface area contributed by atoms with Gasteiger partial charge in [-0.15, -0.1) is 0 Å². The first kappa shape index (κ1) is 9.62. The number of rotatable bonds is 4. The standard InChI is InChI=1S/C11H17N3/c1-8-5-10(8)11(14-12)6-9-3-2-4-13-7-9/h2-4,7-8,10-11,14H,5-6,12H2,1H3. The Morgan fingerprint density at radius 1 is 1.71 bits per heavy atom. The molecule has 0 spiro atoms. The van der Waals surface area contributed by atoms with Gasteiger partial charge >= 0.3 is 0 Å². The summed E-state index contributed by atoms with van der Waals surface area (Å²) in [6.45, 7) is 2.28. The maximum Gasteiger partial charge on any atom is 0.0300 e. The van der Waals surface area contributed by atoms with E-state index in [0.29, 0.717) is 6.04 Å². The van der Waals surface area contributed by atoms with Gasteiger partial charge in [0, 0.05) is 18.4 Å². The Morgan fingerprint density at radius 3 is 3.00 bits per heavy atom. The Labute approximate surface area is 84.7 Å². The van der Waals surface area contributed by atoms with Crippen molar-refractivity contribution in [2.24, 2.45) is 17.7 Å². The molecule has 3 heteroatoms. The molecule has 0 saturated heterocycles. The van der Waals surface area contributed by atoms with Crippen molar-refractivity contribution >= 4 is 0 Å². The average Bonchev–Trinajstić information content (AvgIpc) is 2.93. The predicted octanol–water partition coefficient (Wildman–Crippen LogP) is 1.11. The molecular weight excluding hydrogens is 174 g/mol. The summed E-state index contributed by atoms with van der Waals surface area (Å²) in [5, 5.41) is 0. The number of hydrogen-bond donors (Lipinski definition) is 2. The number of hydrazine groups is 1. The highest BCUT2D eigenvalue weighted by Gasteiger charge is 2.38. The molecule has 1 fully saturated rings. The van der Waals surface area contributed by atoms with E-state index in [0.717, 1.165) is 18.3 Å². The average molecular weight is 191 g/mol. The fourth-order valence-corrected chi connectivity index (χ4v) is 2.02. The Hall–Kier alpha value is -0.930. The van der Waals surface area contributed by atoms with Crippen LogP contribution in [0.1, 0.15) is 18.9 Å². The molecule has 3 nitrogen and oxygen atoms in total. The monoisotopic (exact) mass is 191 g/mol. The number of pyridine rings is 1. The van der Waals surface area contributed by atoms with Crippen LogP contribution in [0, 0.1) is 11.8 Å². The molecule has 0 aromatic carbocycles. The number of hydrogen-bond acceptors (Lipinski definition) is 3. The zero-order valence-corrected chi connectivity index (χ0v) is 8.48. The molecule has 0 bridgehead atoms. The summed E-state index contributed by atoms with van der Waals surface area (Å²) in [6, 6.07) is 4.48. The molecule has 3 atom stereocenters. The molecule has 1 aromatic rings. The SMILES string of the molecule is CC1CC1C(Cc1cccnc1)NN. The van der Waals surface area contributed by atoms with E-state index in [-0.39, 0.29) is 0 Å². The summed E-state index contributed by atoms with van der Waals surface area (Å²) in [5.74, 6) is 7.13. The van der Waals surface area contributed by atoms with E-state index < -0.39 is 0 Å². The molecule has 3 unspecified atom stereocenters. The lowest BCUT2D eigenvalue weighted by Crippen LogP contribution is -2.38. The Balaban J connectivity index is 1.95. The maximum atomic E-state index is 5.55. The van der Waals surface area contributed by atoms with Crippen LogP contribution in [0.2, 0.25) is 0 Å². The maximum absolute atomic E-state index is 5.55. The second-order valence-electron chi connectivity index (χ2n) is 4.22. The summed E-state index contributed by atoms with van der Waals surface area (Å²) in [5.41, 5.74) is 4.17. The third-order valence-electron chi connectivity index (χ3n) is 3.08. The summed E-state index contributed by atoms with van der Waals surface area (Å²) in [4.78, 5) is 4.10. The van der Waals surface area contributed by atoms with E-state index in [1.54, 1.807) is 6.20 Å². The minimum atomic E-state index is 0.411. The van der Waals surface area contributed by atoms with Gasteiger partial charge in [0.15, 0.2) is 0 Å². The van der Waals surface area contributed by atoms with Gasteiger partial charge in [0.05, 0.1) is 0 Å². The van der Waals surface area contributed by atoms with E-state index in [1.807, 2.05) is 12.3 Å². The molecule has 1 aromatic heterocycles. The van der Waals surface area contributed by atoms with E-state index in [2.05, 4.69) is 23.4 Å². The lowest BCUT2D eigenvalue weighted by molar-refractivity contribution is 0.454. The molecule has 1 saturated carbocycles. The van der Waals surface area contributed by atoms with Crippen LogP contribution in [-0.4, -0.2) is 11.0 Å². The van der Waals surface area contributed by atoms with Crippen molar-refractivity contribution in [3.8, 4) is 0 Å². The Kier molecular flexibility index (Phi) is 2.79. The highest BCUT2D eigenvalue weighted by molar-refractivity contribution is 5.11. The number of nitrogens with two attached hydrogens (primary N) is 1. The lowest BCUT2D eigenvalue weighted by Gasteiger charge is -2.15. The van der Waals surface area contributed by atoms with Crippen molar-refractivity contribution in [2.75, 3.05) is 0 Å². The summed E-state index contributed by atoms with van der Waals surface area (Å²) in [7, 11) is 0. The van der Waals surface area contributed by atoms with Crippen molar-refractivity contribution in [3.05, 3.63) is 30.1 Å². The van der Waals surface area contributed by atoms with E-state index in [9.17, 15) is 0 Å². The summed E-state index contributed by atoms with van der Waals surface area (Å²) < 4.78 is 0. The minimum Gasteiger partial charge on any atom is -0.271 e. The minimum absolute atomic E-state index is 0.411. The molecule has 0 radical (unpaired) electrons. The largest absolute Gasteiger partial charge is 0.271 e. The van der Waals surface area contributed by atoms with Crippen molar-refractivity contribution in [3.63, 3.8) is 0 Å². The van der Waals surface area contributed by atoms with E-state index in [1.165, 1.54) is 12.0 Å². The predicted molar refractivity (Wildman–Crippen MR) is 56.3 cm³/mol. The second kappa shape index (κ2) is 4.07. The van der Waals surface area contributed by atoms with Crippen LogP contribution < -0.4 is 11.3 Å². The van der Waals surface area contributed by atoms with Crippen LogP contribution in [0.3, 0.4) is 0 Å². The third-order valence-corrected chi connectivity index (χ3v) is 3.08. The van der Waals surface area contributed by atoms with Gasteiger partial charge in [-0.1, -0.05) is 13.0 Å². The Morgan fingerprint density at radius 2 is 2.50 bits per heavy atom. The van der Waals surface area contributed by atoms with Crippen molar-refractivity contribution in [1.82, 2.24) is 10.4 Å². The van der Waals surface area contributed by atoms with Crippen molar-refractivity contribution in [2.45, 2.75) is 25.8 Å². The first-order chi connectivity index (χ1) is 6.81. The fraction of sp³-hybridized carbons (Fsp3) is 0.545. The van der Waals surface area contributed by atoms with Crippen molar-refractivity contribution in [1.29, 1.82) is 0 Å². The van der Waals surface area contributed by atoms with Gasteiger partial charge in [0.1, 0.15) is 0 Å². The molecule has 14 heavy (non-hydrogen) atoms. The van der Waals surface area contributed by atoms with Gasteiger partial charge in [-0.05, 0) is 36.3 Å². The van der Waals surface area contributed by atoms with Crippen LogP contribution in [-0.2, 0) is 6.42 Å². The molecule has 1 aliphatic rings. The highest BCUT2D eigenvalue weighted by atomic mass is 15.2. The lowest BCUT2D eigenvalue weighted by atomic mass is 10.0. The number of aromatic nitrogens is 1. The normalized spacial score (nSPS) is 27.3. The van der Waals surface area contributed by atoms with E-state index >= 15 is 0 Å². The molecule has 3 N–H and O–H groups in total. The summed E-state index contributed by atoms with van der Waals surface area (Å²) >= 11 is 0. The molecule has 0 amide bonds. The fourth-order valence-electron chi connectivity index (χ4n) is 2.02. The van der Waals surface area contributed by atoms with Gasteiger partial charge < -0.3 is 0 Å². The number of nitrogens with one attached hydrogen (secondary N) is 1. The third kappa shape index (κ3) is 2.11. The van der Waals surface area contributed by atoms with Crippen LogP contribution in [0.5, 0.6) is 0 Å². The van der Waals surface area contributed by atoms with Crippen LogP contribution >= 0.6 is 0 Å². The first-order valence-corrected chi connectivity index (χ1v) is 5.16. The van der Waals surface area contributed by atoms with Gasteiger partial charge in [-0.2, -0.15) is 0 Å². The molecule has 1 heterocycles. The summed E-state index contributed by atoms with van der Waals surface area (Å²) in [6.07, 6.45) is 6.00. The molecule has 76 valence electrons. The van der Waals surface area contributed by atoms with Crippen LogP contribution in [0.25, 0.3) is 0 Å². The first-order valence-electron chi connectivity index (χ1n) is 5.16. The van der Waals surface area contributed by atoms with Gasteiger partial charge in [-0.3, -0.25) is 16.3 Å². The second-order valence-corrected chi connectivity index (χ2v) is 4.22. The van der Waals surface area contributed by atoms with Gasteiger partial charge in [0.25, 0.3) is 0 Å². The number of nitrogens with zero attached hydrogens (tertiary/aromatic N) is 1. The smallest absolute Gasteiger partial charge is 0.0300 e. The quantitative estimate of drug-likeness (QED) is 0.553. The molecule has 2 rings (SSSR count).